The molecule has 0 spiro atoms. The van der Waals surface area contributed by atoms with Crippen LogP contribution >= 0.6 is 22.9 Å². The van der Waals surface area contributed by atoms with E-state index in [9.17, 15) is 4.39 Å². The molecule has 5 nitrogen and oxygen atoms in total. The summed E-state index contributed by atoms with van der Waals surface area (Å²) in [6.45, 7) is -0.730. The molecule has 2 aromatic heterocycles. The number of halogens is 2. The number of nitrogens with one attached hydrogen (secondary N) is 1. The van der Waals surface area contributed by atoms with Crippen molar-refractivity contribution in [3.63, 3.8) is 0 Å². The van der Waals surface area contributed by atoms with Crippen LogP contribution in [0.1, 0.15) is 25.3 Å². The van der Waals surface area contributed by atoms with Gasteiger partial charge in [0.1, 0.15) is 22.5 Å². The summed E-state index contributed by atoms with van der Waals surface area (Å²) in [5.41, 5.74) is 0.243. The van der Waals surface area contributed by atoms with Gasteiger partial charge in [-0.3, -0.25) is 4.90 Å². The zero-order valence-electron chi connectivity index (χ0n) is 19.0. The van der Waals surface area contributed by atoms with Crippen molar-refractivity contribution < 1.29 is 12.7 Å². The maximum atomic E-state index is 14.0. The predicted octanol–water partition coefficient (Wildman–Crippen LogP) is 3.96. The molecule has 0 amide bonds. The van der Waals surface area contributed by atoms with Crippen molar-refractivity contribution in [2.75, 3.05) is 18.4 Å². The Morgan fingerprint density at radius 2 is 2.32 bits per heavy atom. The van der Waals surface area contributed by atoms with Gasteiger partial charge in [0.05, 0.1) is 5.48 Å². The van der Waals surface area contributed by atoms with Crippen LogP contribution in [0.15, 0.2) is 30.5 Å². The Hall–Kier alpha value is -1.83. The predicted molar refractivity (Wildman–Crippen MR) is 98.5 cm³/mol. The lowest BCUT2D eigenvalue weighted by molar-refractivity contribution is 0.211. The number of thiazole rings is 1. The third-order valence-corrected chi connectivity index (χ3v) is 4.84. The molecule has 130 valence electrons. The van der Waals surface area contributed by atoms with Gasteiger partial charge in [0.2, 0.25) is 0 Å². The summed E-state index contributed by atoms with van der Waals surface area (Å²) >= 11 is 7.11. The minimum absolute atomic E-state index is 0.108. The second kappa shape index (κ2) is 7.19. The van der Waals surface area contributed by atoms with Crippen LogP contribution in [-0.2, 0) is 6.52 Å². The highest BCUT2D eigenvalue weighted by atomic mass is 35.5. The van der Waals surface area contributed by atoms with E-state index in [0.717, 1.165) is 22.7 Å². The average Bonchev–Trinajstić information content (AvgIpc) is 3.12. The highest BCUT2D eigenvalue weighted by Crippen LogP contribution is 2.28. The van der Waals surface area contributed by atoms with Crippen molar-refractivity contribution in [3.05, 3.63) is 46.4 Å². The molecule has 0 saturated carbocycles. The number of benzene rings is 1. The monoisotopic (exact) mass is 383 g/mol. The lowest BCUT2D eigenvalue weighted by Gasteiger charge is -2.32. The number of hydrogen-bond donors (Lipinski definition) is 1. The second-order valence-corrected chi connectivity index (χ2v) is 7.01. The number of aromatic nitrogens is 3. The standard InChI is InChI=1S/C17H17ClFN5S/c18-17-23-14-15(20-10-21-16(14)25-17)22-13-4-6-24(7-5-13)9-11-2-1-3-12(19)8-11/h1-3,8,10,13H,4-7,9H2,(H,20,21,22)/i2D,3D,8D,9D,13D/hD. The van der Waals surface area contributed by atoms with Crippen LogP contribution in [-0.4, -0.2) is 39.0 Å². The average molecular weight is 384 g/mol. The molecule has 0 radical (unpaired) electrons. The Kier molecular flexibility index (Phi) is 3.17. The van der Waals surface area contributed by atoms with Crippen LogP contribution in [0.2, 0.25) is 5.88 Å². The van der Waals surface area contributed by atoms with Gasteiger partial charge in [0, 0.05) is 27.0 Å². The summed E-state index contributed by atoms with van der Waals surface area (Å²) in [6, 6.07) is -1.75. The quantitative estimate of drug-likeness (QED) is 0.739. The summed E-state index contributed by atoms with van der Waals surface area (Å²) in [5, 5.41) is 0.990. The topological polar surface area (TPSA) is 53.9 Å². The van der Waals surface area contributed by atoms with Gasteiger partial charge in [0.25, 0.3) is 0 Å². The largest absolute Gasteiger partial charge is 0.365 e. The third kappa shape index (κ3) is 3.89. The summed E-state index contributed by atoms with van der Waals surface area (Å²) in [7, 11) is 0. The Balaban J connectivity index is 1.54. The Labute approximate surface area is 162 Å². The van der Waals surface area contributed by atoms with Crippen LogP contribution < -0.4 is 5.31 Å². The van der Waals surface area contributed by atoms with Gasteiger partial charge in [-0.25, -0.2) is 19.3 Å². The SMILES string of the molecule is [2H]c1cc([2H])c(C([2H])N2CCC([2H])(N([2H])c3ncnc4sc(Cl)nc34)CC2)c([2H])c1F. The number of anilines is 1. The molecule has 3 heterocycles. The lowest BCUT2D eigenvalue weighted by atomic mass is 10.0. The normalized spacial score (nSPS) is 22.3. The van der Waals surface area contributed by atoms with Crippen LogP contribution in [0.25, 0.3) is 10.3 Å². The molecular formula is C17H17ClFN5S. The summed E-state index contributed by atoms with van der Waals surface area (Å²) in [4.78, 5) is 14.5. The van der Waals surface area contributed by atoms with Crippen LogP contribution in [0.3, 0.4) is 0 Å². The van der Waals surface area contributed by atoms with E-state index in [4.69, 9.17) is 19.9 Å². The van der Waals surface area contributed by atoms with E-state index >= 15 is 0 Å². The molecule has 1 aromatic carbocycles. The van der Waals surface area contributed by atoms with Gasteiger partial charge in [-0.15, -0.1) is 0 Å². The number of likely N-dealkylation sites (tertiary alicyclic amines) is 1. The zero-order valence-corrected chi connectivity index (χ0v) is 14.5. The maximum Gasteiger partial charge on any atom is 0.186 e. The number of hydrogen-bond acceptors (Lipinski definition) is 6. The second-order valence-electron chi connectivity index (χ2n) is 5.45. The summed E-state index contributed by atoms with van der Waals surface area (Å²) < 4.78 is 63.4. The first-order chi connectivity index (χ1) is 14.6. The number of fused-ring (bicyclic) bond motifs is 1. The number of nitrogens with zero attached hydrogens (tertiary/aromatic N) is 4. The number of piperidine rings is 1. The van der Waals surface area contributed by atoms with Gasteiger partial charge in [-0.1, -0.05) is 35.0 Å². The lowest BCUT2D eigenvalue weighted by Crippen LogP contribution is -2.38. The number of rotatable bonds is 4. The smallest absolute Gasteiger partial charge is 0.186 e. The molecule has 1 saturated heterocycles. The Morgan fingerprint density at radius 3 is 3.16 bits per heavy atom. The first-order valence-electron chi connectivity index (χ1n) is 10.6. The van der Waals surface area contributed by atoms with E-state index < -0.39 is 30.4 Å². The van der Waals surface area contributed by atoms with Gasteiger partial charge in [-0.05, 0) is 30.5 Å². The molecule has 1 aliphatic heterocycles. The fourth-order valence-corrected chi connectivity index (χ4v) is 3.52. The first-order valence-corrected chi connectivity index (χ1v) is 8.80. The maximum absolute atomic E-state index is 14.0. The van der Waals surface area contributed by atoms with E-state index in [1.807, 2.05) is 0 Å². The molecule has 1 aliphatic rings. The van der Waals surface area contributed by atoms with E-state index in [0.29, 0.717) is 10.3 Å². The molecule has 4 rings (SSSR count). The Bertz CT molecular complexity index is 1140. The van der Waals surface area contributed by atoms with Crippen molar-refractivity contribution in [3.8, 4) is 0 Å². The summed E-state index contributed by atoms with van der Waals surface area (Å²) in [5.74, 6) is -0.879. The molecule has 0 bridgehead atoms. The van der Waals surface area contributed by atoms with Gasteiger partial charge in [-0.2, -0.15) is 0 Å². The third-order valence-electron chi connectivity index (χ3n) is 3.77. The molecule has 8 heteroatoms. The molecule has 1 atom stereocenters. The minimum atomic E-state index is -1.35. The highest BCUT2D eigenvalue weighted by Gasteiger charge is 2.21. The molecule has 25 heavy (non-hydrogen) atoms. The molecule has 3 aromatic rings. The molecular weight excluding hydrogens is 361 g/mol. The van der Waals surface area contributed by atoms with Crippen molar-refractivity contribution in [1.82, 2.24) is 19.9 Å². The molecule has 0 aliphatic carbocycles. The molecule has 1 unspecified atom stereocenters. The van der Waals surface area contributed by atoms with E-state index in [-0.39, 0.29) is 47.8 Å². The van der Waals surface area contributed by atoms with E-state index in [1.54, 1.807) is 4.90 Å². The fourth-order valence-electron chi connectivity index (χ4n) is 2.59. The molecule has 1 N–H and O–H groups in total. The fraction of sp³-hybridized carbons (Fsp3) is 0.353. The van der Waals surface area contributed by atoms with E-state index in [2.05, 4.69) is 15.0 Å². The Morgan fingerprint density at radius 1 is 1.48 bits per heavy atom. The highest BCUT2D eigenvalue weighted by molar-refractivity contribution is 7.21. The zero-order chi connectivity index (χ0) is 22.5. The first kappa shape index (κ1) is 11.0. The van der Waals surface area contributed by atoms with Crippen molar-refractivity contribution in [1.29, 1.82) is 0 Å². The van der Waals surface area contributed by atoms with Crippen LogP contribution in [0, 0.1) is 5.82 Å². The van der Waals surface area contributed by atoms with Crippen molar-refractivity contribution in [2.45, 2.75) is 25.4 Å². The minimum Gasteiger partial charge on any atom is -0.365 e. The van der Waals surface area contributed by atoms with E-state index in [1.165, 1.54) is 6.33 Å². The van der Waals surface area contributed by atoms with Crippen molar-refractivity contribution in [2.24, 2.45) is 0 Å². The van der Waals surface area contributed by atoms with Gasteiger partial charge < -0.3 is 5.31 Å². The van der Waals surface area contributed by atoms with Crippen LogP contribution in [0.4, 0.5) is 10.2 Å². The van der Waals surface area contributed by atoms with Gasteiger partial charge in [0.15, 0.2) is 11.7 Å². The molecule has 1 fully saturated rings. The summed E-state index contributed by atoms with van der Waals surface area (Å²) in [6.07, 6.45) is 1.64. The van der Waals surface area contributed by atoms with Crippen LogP contribution in [0.5, 0.6) is 0 Å². The van der Waals surface area contributed by atoms with Gasteiger partial charge >= 0.3 is 0 Å². The van der Waals surface area contributed by atoms with Crippen molar-refractivity contribution >= 4 is 39.1 Å².